The molecule has 0 aromatic carbocycles. The maximum absolute atomic E-state index is 12.4. The van der Waals surface area contributed by atoms with Crippen LogP contribution in [0.5, 0.6) is 0 Å². The quantitative estimate of drug-likeness (QED) is 0.563. The van der Waals surface area contributed by atoms with Crippen LogP contribution >= 0.6 is 24.2 Å². The van der Waals surface area contributed by atoms with Crippen molar-refractivity contribution < 1.29 is 18.0 Å². The van der Waals surface area contributed by atoms with Crippen LogP contribution in [0.2, 0.25) is 0 Å². The standard InChI is InChI=1S/C13H26N2O4S2.ClH/c1-4-6-10(7-5-2)21(18,19)9-11(13(14)17)15-12(16)8-20-3;/h10-11H,4-9H2,1-3H3,(H2,14,17)(H,15,16);1H. The fourth-order valence-electron chi connectivity index (χ4n) is 2.08. The van der Waals surface area contributed by atoms with Crippen molar-refractivity contribution in [3.63, 3.8) is 0 Å². The highest BCUT2D eigenvalue weighted by Gasteiger charge is 2.30. The third-order valence-electron chi connectivity index (χ3n) is 3.08. The topological polar surface area (TPSA) is 106 Å². The highest BCUT2D eigenvalue weighted by atomic mass is 35.5. The number of rotatable bonds is 11. The lowest BCUT2D eigenvalue weighted by Crippen LogP contribution is -2.50. The summed E-state index contributed by atoms with van der Waals surface area (Å²) in [5, 5.41) is 1.92. The molecule has 0 aromatic heterocycles. The third-order valence-corrected chi connectivity index (χ3v) is 5.92. The fraction of sp³-hybridized carbons (Fsp3) is 0.846. The van der Waals surface area contributed by atoms with Crippen LogP contribution in [0.1, 0.15) is 39.5 Å². The molecule has 2 amide bonds. The summed E-state index contributed by atoms with van der Waals surface area (Å²) in [5.41, 5.74) is 5.21. The van der Waals surface area contributed by atoms with E-state index in [1.165, 1.54) is 11.8 Å². The zero-order valence-electron chi connectivity index (χ0n) is 13.3. The molecule has 0 bridgehead atoms. The Morgan fingerprint density at radius 1 is 1.18 bits per heavy atom. The molecule has 0 rings (SSSR count). The molecule has 1 atom stereocenters. The number of amides is 2. The number of primary amides is 1. The van der Waals surface area contributed by atoms with E-state index >= 15 is 0 Å². The Hall–Kier alpha value is -0.470. The first-order chi connectivity index (χ1) is 9.78. The first-order valence-corrected chi connectivity index (χ1v) is 10.2. The molecule has 0 saturated carbocycles. The summed E-state index contributed by atoms with van der Waals surface area (Å²) in [7, 11) is -3.47. The lowest BCUT2D eigenvalue weighted by Gasteiger charge is -2.20. The number of halogens is 1. The van der Waals surface area contributed by atoms with Crippen LogP contribution < -0.4 is 11.1 Å². The third kappa shape index (κ3) is 8.85. The highest BCUT2D eigenvalue weighted by molar-refractivity contribution is 7.99. The van der Waals surface area contributed by atoms with Gasteiger partial charge in [0.1, 0.15) is 6.04 Å². The molecule has 0 radical (unpaired) electrons. The van der Waals surface area contributed by atoms with Gasteiger partial charge in [-0.2, -0.15) is 11.8 Å². The smallest absolute Gasteiger partial charge is 0.241 e. The van der Waals surface area contributed by atoms with Crippen molar-refractivity contribution in [2.45, 2.75) is 50.8 Å². The Bertz CT molecular complexity index is 437. The summed E-state index contributed by atoms with van der Waals surface area (Å²) in [4.78, 5) is 22.9. The Morgan fingerprint density at radius 2 is 1.68 bits per heavy atom. The first-order valence-electron chi connectivity index (χ1n) is 7.07. The van der Waals surface area contributed by atoms with Gasteiger partial charge in [0.25, 0.3) is 0 Å². The van der Waals surface area contributed by atoms with Gasteiger partial charge in [0, 0.05) is 0 Å². The molecule has 0 spiro atoms. The number of nitrogens with two attached hydrogens (primary N) is 1. The second kappa shape index (κ2) is 12.0. The van der Waals surface area contributed by atoms with E-state index < -0.39 is 32.8 Å². The number of sulfone groups is 1. The minimum atomic E-state index is -3.47. The molecule has 22 heavy (non-hydrogen) atoms. The number of thioether (sulfide) groups is 1. The molecule has 9 heteroatoms. The van der Waals surface area contributed by atoms with Crippen molar-refractivity contribution >= 4 is 45.8 Å². The fourth-order valence-corrected chi connectivity index (χ4v) is 4.60. The van der Waals surface area contributed by atoms with E-state index in [0.717, 1.165) is 12.8 Å². The van der Waals surface area contributed by atoms with Crippen LogP contribution in [0.25, 0.3) is 0 Å². The van der Waals surface area contributed by atoms with Crippen LogP contribution in [0.4, 0.5) is 0 Å². The summed E-state index contributed by atoms with van der Waals surface area (Å²) in [6.45, 7) is 3.84. The monoisotopic (exact) mass is 374 g/mol. The van der Waals surface area contributed by atoms with E-state index in [2.05, 4.69) is 5.32 Å². The molecule has 132 valence electrons. The largest absolute Gasteiger partial charge is 0.368 e. The van der Waals surface area contributed by atoms with Crippen molar-refractivity contribution in [2.75, 3.05) is 17.8 Å². The van der Waals surface area contributed by atoms with E-state index in [-0.39, 0.29) is 24.1 Å². The predicted octanol–water partition coefficient (Wildman–Crippen LogP) is 1.12. The Balaban J connectivity index is 0. The molecule has 0 aliphatic rings. The van der Waals surface area contributed by atoms with E-state index in [1.54, 1.807) is 6.26 Å². The zero-order valence-corrected chi connectivity index (χ0v) is 15.8. The number of hydrogen-bond acceptors (Lipinski definition) is 5. The van der Waals surface area contributed by atoms with Crippen LogP contribution in [0.3, 0.4) is 0 Å². The summed E-state index contributed by atoms with van der Waals surface area (Å²) in [5.74, 6) is -1.46. The number of carbonyl (C=O) groups excluding carboxylic acids is 2. The zero-order chi connectivity index (χ0) is 16.5. The van der Waals surface area contributed by atoms with E-state index in [4.69, 9.17) is 5.73 Å². The van der Waals surface area contributed by atoms with E-state index in [0.29, 0.717) is 12.8 Å². The van der Waals surface area contributed by atoms with Crippen LogP contribution in [0, 0.1) is 0 Å². The van der Waals surface area contributed by atoms with E-state index in [1.807, 2.05) is 13.8 Å². The number of hydrogen-bond donors (Lipinski definition) is 2. The van der Waals surface area contributed by atoms with Gasteiger partial charge in [-0.25, -0.2) is 8.42 Å². The minimum absolute atomic E-state index is 0. The molecule has 0 fully saturated rings. The Labute approximate surface area is 143 Å². The van der Waals surface area contributed by atoms with Crippen LogP contribution in [0.15, 0.2) is 0 Å². The van der Waals surface area contributed by atoms with E-state index in [9.17, 15) is 18.0 Å². The molecular weight excluding hydrogens is 348 g/mol. The molecule has 0 heterocycles. The van der Waals surface area contributed by atoms with Gasteiger partial charge in [0.15, 0.2) is 9.84 Å². The minimum Gasteiger partial charge on any atom is -0.368 e. The average Bonchev–Trinajstić information content (AvgIpc) is 2.37. The Kier molecular flexibility index (Phi) is 13.0. The maximum Gasteiger partial charge on any atom is 0.241 e. The normalized spacial score (nSPS) is 12.5. The van der Waals surface area contributed by atoms with Crippen molar-refractivity contribution in [1.82, 2.24) is 5.32 Å². The number of carbonyl (C=O) groups is 2. The van der Waals surface area contributed by atoms with Gasteiger partial charge in [0.05, 0.1) is 16.8 Å². The molecule has 6 nitrogen and oxygen atoms in total. The van der Waals surface area contributed by atoms with Crippen molar-refractivity contribution in [3.05, 3.63) is 0 Å². The first kappa shape index (κ1) is 23.8. The molecule has 0 aliphatic heterocycles. The lowest BCUT2D eigenvalue weighted by atomic mass is 10.2. The van der Waals surface area contributed by atoms with Crippen molar-refractivity contribution in [3.8, 4) is 0 Å². The van der Waals surface area contributed by atoms with Gasteiger partial charge in [0.2, 0.25) is 11.8 Å². The van der Waals surface area contributed by atoms with Gasteiger partial charge in [-0.05, 0) is 19.1 Å². The summed E-state index contributed by atoms with van der Waals surface area (Å²) in [6.07, 6.45) is 4.36. The second-order valence-corrected chi connectivity index (χ2v) is 8.18. The summed E-state index contributed by atoms with van der Waals surface area (Å²) >= 11 is 1.29. The van der Waals surface area contributed by atoms with Crippen LogP contribution in [-0.4, -0.2) is 49.3 Å². The van der Waals surface area contributed by atoms with Crippen LogP contribution in [-0.2, 0) is 19.4 Å². The molecule has 0 aliphatic carbocycles. The summed E-state index contributed by atoms with van der Waals surface area (Å²) in [6, 6.07) is -1.16. The van der Waals surface area contributed by atoms with Crippen molar-refractivity contribution in [2.24, 2.45) is 5.73 Å². The molecule has 0 aromatic rings. The van der Waals surface area contributed by atoms with Gasteiger partial charge in [-0.15, -0.1) is 12.4 Å². The maximum atomic E-state index is 12.4. The van der Waals surface area contributed by atoms with Gasteiger partial charge >= 0.3 is 0 Å². The number of nitrogens with one attached hydrogen (secondary N) is 1. The van der Waals surface area contributed by atoms with Gasteiger partial charge in [-0.1, -0.05) is 26.7 Å². The Morgan fingerprint density at radius 3 is 2.05 bits per heavy atom. The molecule has 1 unspecified atom stereocenters. The summed E-state index contributed by atoms with van der Waals surface area (Å²) < 4.78 is 24.8. The molecule has 0 saturated heterocycles. The predicted molar refractivity (Wildman–Crippen MR) is 94.1 cm³/mol. The second-order valence-electron chi connectivity index (χ2n) is 4.98. The molecule has 3 N–H and O–H groups in total. The average molecular weight is 375 g/mol. The lowest BCUT2D eigenvalue weighted by molar-refractivity contribution is -0.125. The van der Waals surface area contributed by atoms with Gasteiger partial charge < -0.3 is 11.1 Å². The van der Waals surface area contributed by atoms with Gasteiger partial charge in [-0.3, -0.25) is 9.59 Å². The molecular formula is C13H27ClN2O4S2. The van der Waals surface area contributed by atoms with Crippen molar-refractivity contribution in [1.29, 1.82) is 0 Å². The SMILES string of the molecule is CCCC(CCC)S(=O)(=O)CC(NC(=O)CSC)C(N)=O.Cl. The highest BCUT2D eigenvalue weighted by Crippen LogP contribution is 2.16.